The van der Waals surface area contributed by atoms with Crippen LogP contribution in [-0.4, -0.2) is 21.4 Å². The summed E-state index contributed by atoms with van der Waals surface area (Å²) in [6.45, 7) is 4.19. The number of aromatic nitrogens is 2. The molecule has 1 amide bonds. The van der Waals surface area contributed by atoms with Gasteiger partial charge in [-0.2, -0.15) is 0 Å². The molecule has 3 aromatic rings. The Labute approximate surface area is 161 Å². The molecule has 1 heterocycles. The molecule has 1 unspecified atom stereocenters. The van der Waals surface area contributed by atoms with Gasteiger partial charge in [0.1, 0.15) is 0 Å². The van der Waals surface area contributed by atoms with E-state index in [0.29, 0.717) is 22.7 Å². The molecule has 2 aromatic carbocycles. The second kappa shape index (κ2) is 8.38. The van der Waals surface area contributed by atoms with Crippen LogP contribution in [0.15, 0.2) is 58.2 Å². The van der Waals surface area contributed by atoms with Gasteiger partial charge in [-0.15, -0.1) is 10.2 Å². The van der Waals surface area contributed by atoms with Gasteiger partial charge in [0.05, 0.1) is 5.25 Å². The smallest absolute Gasteiger partial charge is 0.277 e. The van der Waals surface area contributed by atoms with Gasteiger partial charge in [0.25, 0.3) is 5.22 Å². The van der Waals surface area contributed by atoms with Crippen molar-refractivity contribution < 1.29 is 9.21 Å². The lowest BCUT2D eigenvalue weighted by Crippen LogP contribution is -2.30. The Kier molecular flexibility index (Phi) is 5.96. The zero-order chi connectivity index (χ0) is 18.5. The highest BCUT2D eigenvalue weighted by Crippen LogP contribution is 2.26. The van der Waals surface area contributed by atoms with E-state index in [0.717, 1.165) is 16.7 Å². The first-order valence-corrected chi connectivity index (χ1v) is 9.37. The Morgan fingerprint density at radius 3 is 2.65 bits per heavy atom. The SMILES string of the molecule is Cc1ccc(-c2nnc(SC(C)C(=O)NCc3ccccc3Cl)o2)cc1. The minimum absolute atomic E-state index is 0.120. The van der Waals surface area contributed by atoms with Crippen molar-refractivity contribution in [3.05, 3.63) is 64.7 Å². The summed E-state index contributed by atoms with van der Waals surface area (Å²) in [4.78, 5) is 12.3. The number of halogens is 1. The molecule has 0 fully saturated rings. The van der Waals surface area contributed by atoms with E-state index in [1.807, 2.05) is 49.4 Å². The van der Waals surface area contributed by atoms with Gasteiger partial charge >= 0.3 is 0 Å². The molecule has 134 valence electrons. The molecule has 0 bridgehead atoms. The van der Waals surface area contributed by atoms with Gasteiger partial charge in [-0.05, 0) is 37.6 Å². The van der Waals surface area contributed by atoms with Crippen LogP contribution in [0.5, 0.6) is 0 Å². The maximum atomic E-state index is 12.3. The normalized spacial score (nSPS) is 12.0. The summed E-state index contributed by atoms with van der Waals surface area (Å²) in [5, 5.41) is 11.6. The van der Waals surface area contributed by atoms with Crippen molar-refractivity contribution in [1.82, 2.24) is 15.5 Å². The van der Waals surface area contributed by atoms with Crippen LogP contribution in [0.1, 0.15) is 18.1 Å². The van der Waals surface area contributed by atoms with Gasteiger partial charge in [0, 0.05) is 17.1 Å². The third kappa shape index (κ3) is 4.65. The quantitative estimate of drug-likeness (QED) is 0.631. The number of aryl methyl sites for hydroxylation is 1. The molecule has 1 aromatic heterocycles. The van der Waals surface area contributed by atoms with Crippen LogP contribution in [0, 0.1) is 6.92 Å². The number of thioether (sulfide) groups is 1. The number of nitrogens with one attached hydrogen (secondary N) is 1. The molecule has 0 aliphatic rings. The Hall–Kier alpha value is -2.31. The van der Waals surface area contributed by atoms with Gasteiger partial charge in [-0.1, -0.05) is 59.3 Å². The molecular formula is C19H18ClN3O2S. The molecule has 7 heteroatoms. The van der Waals surface area contributed by atoms with Crippen molar-refractivity contribution in [2.75, 3.05) is 0 Å². The number of rotatable bonds is 6. The largest absolute Gasteiger partial charge is 0.411 e. The number of carbonyl (C=O) groups excluding carboxylic acids is 1. The number of benzene rings is 2. The Bertz CT molecular complexity index is 896. The van der Waals surface area contributed by atoms with E-state index < -0.39 is 0 Å². The van der Waals surface area contributed by atoms with E-state index in [9.17, 15) is 4.79 Å². The molecule has 0 aliphatic carbocycles. The van der Waals surface area contributed by atoms with E-state index in [1.54, 1.807) is 13.0 Å². The summed E-state index contributed by atoms with van der Waals surface area (Å²) in [6, 6.07) is 15.2. The molecule has 0 spiro atoms. The second-order valence-corrected chi connectivity index (χ2v) is 7.51. The zero-order valence-corrected chi connectivity index (χ0v) is 16.0. The average Bonchev–Trinajstić information content (AvgIpc) is 3.09. The third-order valence-electron chi connectivity index (χ3n) is 3.76. The minimum atomic E-state index is -0.371. The Morgan fingerprint density at radius 2 is 1.92 bits per heavy atom. The molecule has 0 saturated carbocycles. The monoisotopic (exact) mass is 387 g/mol. The predicted octanol–water partition coefficient (Wildman–Crippen LogP) is 4.50. The number of carbonyl (C=O) groups is 1. The van der Waals surface area contributed by atoms with Crippen LogP contribution in [-0.2, 0) is 11.3 Å². The van der Waals surface area contributed by atoms with Crippen molar-refractivity contribution in [2.24, 2.45) is 0 Å². The van der Waals surface area contributed by atoms with Gasteiger partial charge in [-0.3, -0.25) is 4.79 Å². The first-order valence-electron chi connectivity index (χ1n) is 8.11. The molecule has 0 aliphatic heterocycles. The fourth-order valence-electron chi connectivity index (χ4n) is 2.24. The molecule has 3 rings (SSSR count). The van der Waals surface area contributed by atoms with Crippen molar-refractivity contribution in [2.45, 2.75) is 30.9 Å². The summed E-state index contributed by atoms with van der Waals surface area (Å²) in [5.74, 6) is 0.321. The lowest BCUT2D eigenvalue weighted by molar-refractivity contribution is -0.120. The van der Waals surface area contributed by atoms with Crippen LogP contribution in [0.4, 0.5) is 0 Å². The molecule has 0 saturated heterocycles. The Balaban J connectivity index is 1.57. The molecular weight excluding hydrogens is 370 g/mol. The number of hydrogen-bond donors (Lipinski definition) is 1. The highest BCUT2D eigenvalue weighted by atomic mass is 35.5. The van der Waals surface area contributed by atoms with Gasteiger partial charge in [0.2, 0.25) is 11.8 Å². The highest BCUT2D eigenvalue weighted by Gasteiger charge is 2.18. The topological polar surface area (TPSA) is 68.0 Å². The highest BCUT2D eigenvalue weighted by molar-refractivity contribution is 8.00. The Morgan fingerprint density at radius 1 is 1.19 bits per heavy atom. The molecule has 5 nitrogen and oxygen atoms in total. The summed E-state index contributed by atoms with van der Waals surface area (Å²) >= 11 is 7.32. The van der Waals surface area contributed by atoms with E-state index in [2.05, 4.69) is 15.5 Å². The molecule has 1 N–H and O–H groups in total. The maximum Gasteiger partial charge on any atom is 0.277 e. The fraction of sp³-hybridized carbons (Fsp3) is 0.211. The van der Waals surface area contributed by atoms with E-state index in [1.165, 1.54) is 11.8 Å². The van der Waals surface area contributed by atoms with Crippen LogP contribution in [0.25, 0.3) is 11.5 Å². The van der Waals surface area contributed by atoms with Crippen LogP contribution in [0.2, 0.25) is 5.02 Å². The standard InChI is InChI=1S/C19H18ClN3O2S/c1-12-7-9-14(10-8-12)18-22-23-19(25-18)26-13(2)17(24)21-11-15-5-3-4-6-16(15)20/h3-10,13H,11H2,1-2H3,(H,21,24). The summed E-state index contributed by atoms with van der Waals surface area (Å²) in [6.07, 6.45) is 0. The van der Waals surface area contributed by atoms with Gasteiger partial charge in [0.15, 0.2) is 0 Å². The van der Waals surface area contributed by atoms with E-state index in [4.69, 9.17) is 16.0 Å². The molecule has 26 heavy (non-hydrogen) atoms. The fourth-order valence-corrected chi connectivity index (χ4v) is 3.15. The molecule has 0 radical (unpaired) electrons. The lowest BCUT2D eigenvalue weighted by Gasteiger charge is -2.10. The van der Waals surface area contributed by atoms with Gasteiger partial charge in [-0.25, -0.2) is 0 Å². The number of hydrogen-bond acceptors (Lipinski definition) is 5. The van der Waals surface area contributed by atoms with Crippen LogP contribution < -0.4 is 5.32 Å². The van der Waals surface area contributed by atoms with Crippen LogP contribution in [0.3, 0.4) is 0 Å². The average molecular weight is 388 g/mol. The van der Waals surface area contributed by atoms with E-state index >= 15 is 0 Å². The predicted molar refractivity (Wildman–Crippen MR) is 103 cm³/mol. The van der Waals surface area contributed by atoms with Crippen molar-refractivity contribution in [1.29, 1.82) is 0 Å². The summed E-state index contributed by atoms with van der Waals surface area (Å²) < 4.78 is 5.65. The first-order chi connectivity index (χ1) is 12.5. The summed E-state index contributed by atoms with van der Waals surface area (Å²) in [5.41, 5.74) is 2.89. The third-order valence-corrected chi connectivity index (χ3v) is 5.07. The zero-order valence-electron chi connectivity index (χ0n) is 14.4. The minimum Gasteiger partial charge on any atom is -0.411 e. The van der Waals surface area contributed by atoms with Crippen LogP contribution >= 0.6 is 23.4 Å². The van der Waals surface area contributed by atoms with E-state index in [-0.39, 0.29) is 11.2 Å². The first kappa shape index (κ1) is 18.5. The lowest BCUT2D eigenvalue weighted by atomic mass is 10.1. The summed E-state index contributed by atoms with van der Waals surface area (Å²) in [7, 11) is 0. The number of amides is 1. The molecule has 1 atom stereocenters. The van der Waals surface area contributed by atoms with Gasteiger partial charge < -0.3 is 9.73 Å². The number of nitrogens with zero attached hydrogens (tertiary/aromatic N) is 2. The van der Waals surface area contributed by atoms with Crippen molar-refractivity contribution in [3.63, 3.8) is 0 Å². The maximum absolute atomic E-state index is 12.3. The second-order valence-electron chi connectivity index (χ2n) is 5.81. The van der Waals surface area contributed by atoms with Crippen molar-refractivity contribution >= 4 is 29.3 Å². The van der Waals surface area contributed by atoms with Crippen molar-refractivity contribution in [3.8, 4) is 11.5 Å².